The van der Waals surface area contributed by atoms with Gasteiger partial charge < -0.3 is 19.9 Å². The highest BCUT2D eigenvalue weighted by molar-refractivity contribution is 5.94. The second-order valence-corrected chi connectivity index (χ2v) is 3.93. The van der Waals surface area contributed by atoms with Crippen LogP contribution in [0.1, 0.15) is 5.56 Å². The average Bonchev–Trinajstić information content (AvgIpc) is 2.45. The molecule has 1 aromatic carbocycles. The summed E-state index contributed by atoms with van der Waals surface area (Å²) in [6, 6.07) is 6.41. The molecule has 0 bridgehead atoms. The van der Waals surface area contributed by atoms with Gasteiger partial charge in [0.1, 0.15) is 19.0 Å². The highest BCUT2D eigenvalue weighted by Crippen LogP contribution is 2.16. The predicted molar refractivity (Wildman–Crippen MR) is 71.8 cm³/mol. The number of hydrogen-bond acceptors (Lipinski definition) is 5. The second kappa shape index (κ2) is 8.54. The van der Waals surface area contributed by atoms with E-state index in [4.69, 9.17) is 9.84 Å². The minimum Gasteiger partial charge on any atom is -0.496 e. The molecule has 0 heterocycles. The summed E-state index contributed by atoms with van der Waals surface area (Å²) in [5.74, 6) is -1.30. The van der Waals surface area contributed by atoms with E-state index in [2.05, 4.69) is 10.1 Å². The summed E-state index contributed by atoms with van der Waals surface area (Å²) < 4.78 is 9.67. The Balaban J connectivity index is 2.33. The van der Waals surface area contributed by atoms with Crippen molar-refractivity contribution in [2.24, 2.45) is 0 Å². The first-order valence-corrected chi connectivity index (χ1v) is 6.02. The van der Waals surface area contributed by atoms with E-state index in [1.54, 1.807) is 24.3 Å². The third-order valence-corrected chi connectivity index (χ3v) is 2.34. The van der Waals surface area contributed by atoms with Crippen LogP contribution >= 0.6 is 0 Å². The zero-order valence-corrected chi connectivity index (χ0v) is 11.4. The van der Waals surface area contributed by atoms with Crippen LogP contribution in [0.3, 0.4) is 0 Å². The van der Waals surface area contributed by atoms with Crippen molar-refractivity contribution in [2.45, 2.75) is 6.54 Å². The van der Waals surface area contributed by atoms with Crippen LogP contribution in [0.2, 0.25) is 0 Å². The Labute approximate surface area is 121 Å². The average molecular weight is 296 g/mol. The third-order valence-electron chi connectivity index (χ3n) is 2.34. The van der Waals surface area contributed by atoms with Crippen LogP contribution in [0, 0.1) is 0 Å². The third kappa shape index (κ3) is 6.39. The molecule has 3 amide bonds. The van der Waals surface area contributed by atoms with Crippen molar-refractivity contribution in [3.63, 3.8) is 0 Å². The van der Waals surface area contributed by atoms with Crippen LogP contribution in [-0.2, 0) is 20.9 Å². The first kappa shape index (κ1) is 16.4. The number of benzene rings is 1. The summed E-state index contributed by atoms with van der Waals surface area (Å²) in [5, 5.41) is 12.8. The molecule has 1 aromatic rings. The standard InChI is InChI=1S/C13H16N2O6/c1-20-10-5-3-2-4-9(10)6-14-13(19)15-11(16)7-21-8-12(17)18/h2-5H,6-8H2,1H3,(H,17,18)(H2,14,15,16,19). The molecule has 114 valence electrons. The lowest BCUT2D eigenvalue weighted by atomic mass is 10.2. The second-order valence-electron chi connectivity index (χ2n) is 3.93. The van der Waals surface area contributed by atoms with Gasteiger partial charge in [-0.3, -0.25) is 10.1 Å². The number of para-hydroxylation sites is 1. The number of aliphatic carboxylic acids is 1. The SMILES string of the molecule is COc1ccccc1CNC(=O)NC(=O)COCC(=O)O. The number of carboxylic acids is 1. The molecule has 0 spiro atoms. The van der Waals surface area contributed by atoms with E-state index in [-0.39, 0.29) is 6.54 Å². The van der Waals surface area contributed by atoms with E-state index in [1.165, 1.54) is 7.11 Å². The summed E-state index contributed by atoms with van der Waals surface area (Å²) in [6.07, 6.45) is 0. The van der Waals surface area contributed by atoms with Crippen molar-refractivity contribution < 1.29 is 29.0 Å². The summed E-state index contributed by atoms with van der Waals surface area (Å²) in [4.78, 5) is 32.9. The van der Waals surface area contributed by atoms with E-state index in [1.807, 2.05) is 5.32 Å². The Morgan fingerprint density at radius 1 is 1.19 bits per heavy atom. The Morgan fingerprint density at radius 3 is 2.57 bits per heavy atom. The molecule has 0 aliphatic carbocycles. The van der Waals surface area contributed by atoms with Gasteiger partial charge in [0, 0.05) is 12.1 Å². The minimum absolute atomic E-state index is 0.180. The smallest absolute Gasteiger partial charge is 0.329 e. The topological polar surface area (TPSA) is 114 Å². The number of nitrogens with one attached hydrogen (secondary N) is 2. The normalized spacial score (nSPS) is 9.76. The lowest BCUT2D eigenvalue weighted by Crippen LogP contribution is -2.41. The van der Waals surface area contributed by atoms with E-state index in [0.29, 0.717) is 5.75 Å². The number of carboxylic acid groups (broad SMARTS) is 1. The fourth-order valence-electron chi connectivity index (χ4n) is 1.46. The first-order chi connectivity index (χ1) is 10.0. The lowest BCUT2D eigenvalue weighted by molar-refractivity contribution is -0.143. The van der Waals surface area contributed by atoms with Gasteiger partial charge in [-0.1, -0.05) is 18.2 Å². The molecular weight excluding hydrogens is 280 g/mol. The summed E-state index contributed by atoms with van der Waals surface area (Å²) in [5.41, 5.74) is 0.754. The van der Waals surface area contributed by atoms with Gasteiger partial charge in [0.25, 0.3) is 5.91 Å². The molecule has 8 nitrogen and oxygen atoms in total. The Hall–Kier alpha value is -2.61. The highest BCUT2D eigenvalue weighted by atomic mass is 16.5. The van der Waals surface area contributed by atoms with Crippen LogP contribution < -0.4 is 15.4 Å². The molecule has 0 unspecified atom stereocenters. The van der Waals surface area contributed by atoms with E-state index in [0.717, 1.165) is 5.56 Å². The maximum atomic E-state index is 11.5. The number of methoxy groups -OCH3 is 1. The molecule has 0 radical (unpaired) electrons. The highest BCUT2D eigenvalue weighted by Gasteiger charge is 2.09. The van der Waals surface area contributed by atoms with Crippen LogP contribution in [0.4, 0.5) is 4.79 Å². The molecule has 1 rings (SSSR count). The Morgan fingerprint density at radius 2 is 1.90 bits per heavy atom. The number of amides is 3. The van der Waals surface area contributed by atoms with E-state index >= 15 is 0 Å². The summed E-state index contributed by atoms with van der Waals surface area (Å²) >= 11 is 0. The fraction of sp³-hybridized carbons (Fsp3) is 0.308. The van der Waals surface area contributed by atoms with Crippen molar-refractivity contribution in [2.75, 3.05) is 20.3 Å². The lowest BCUT2D eigenvalue weighted by Gasteiger charge is -2.10. The van der Waals surface area contributed by atoms with Gasteiger partial charge in [-0.05, 0) is 6.07 Å². The summed E-state index contributed by atoms with van der Waals surface area (Å²) in [7, 11) is 1.52. The monoisotopic (exact) mass is 296 g/mol. The zero-order valence-electron chi connectivity index (χ0n) is 11.4. The quantitative estimate of drug-likeness (QED) is 0.658. The van der Waals surface area contributed by atoms with Crippen molar-refractivity contribution in [1.82, 2.24) is 10.6 Å². The van der Waals surface area contributed by atoms with Crippen LogP contribution in [0.5, 0.6) is 5.75 Å². The molecule has 0 aromatic heterocycles. The maximum Gasteiger partial charge on any atom is 0.329 e. The van der Waals surface area contributed by atoms with Crippen molar-refractivity contribution in [3.05, 3.63) is 29.8 Å². The van der Waals surface area contributed by atoms with Gasteiger partial charge in [0.2, 0.25) is 0 Å². The molecule has 0 fully saturated rings. The fourth-order valence-corrected chi connectivity index (χ4v) is 1.46. The Kier molecular flexibility index (Phi) is 6.69. The molecule has 0 saturated heterocycles. The van der Waals surface area contributed by atoms with E-state index < -0.39 is 31.1 Å². The molecule has 21 heavy (non-hydrogen) atoms. The molecule has 8 heteroatoms. The molecular formula is C13H16N2O6. The molecule has 0 aliphatic rings. The van der Waals surface area contributed by atoms with Gasteiger partial charge in [0.15, 0.2) is 0 Å². The minimum atomic E-state index is -1.19. The number of hydrogen-bond donors (Lipinski definition) is 3. The van der Waals surface area contributed by atoms with Gasteiger partial charge in [0.05, 0.1) is 7.11 Å². The number of carbonyl (C=O) groups is 3. The number of imide groups is 1. The maximum absolute atomic E-state index is 11.5. The van der Waals surface area contributed by atoms with Gasteiger partial charge in [-0.2, -0.15) is 0 Å². The largest absolute Gasteiger partial charge is 0.496 e. The number of carbonyl (C=O) groups excluding carboxylic acids is 2. The number of urea groups is 1. The van der Waals surface area contributed by atoms with Gasteiger partial charge in [-0.25, -0.2) is 9.59 Å². The number of ether oxygens (including phenoxy) is 2. The molecule has 0 saturated carbocycles. The van der Waals surface area contributed by atoms with Gasteiger partial charge in [-0.15, -0.1) is 0 Å². The zero-order chi connectivity index (χ0) is 15.7. The van der Waals surface area contributed by atoms with Crippen LogP contribution in [-0.4, -0.2) is 43.3 Å². The van der Waals surface area contributed by atoms with Gasteiger partial charge >= 0.3 is 12.0 Å². The van der Waals surface area contributed by atoms with E-state index in [9.17, 15) is 14.4 Å². The van der Waals surface area contributed by atoms with Crippen molar-refractivity contribution in [3.8, 4) is 5.75 Å². The van der Waals surface area contributed by atoms with Crippen molar-refractivity contribution >= 4 is 17.9 Å². The molecule has 3 N–H and O–H groups in total. The summed E-state index contributed by atoms with van der Waals surface area (Å²) in [6.45, 7) is -0.927. The first-order valence-electron chi connectivity index (χ1n) is 6.02. The predicted octanol–water partition coefficient (Wildman–Crippen LogP) is 0.122. The number of rotatable bonds is 7. The van der Waals surface area contributed by atoms with Crippen LogP contribution in [0.15, 0.2) is 24.3 Å². The van der Waals surface area contributed by atoms with Crippen LogP contribution in [0.25, 0.3) is 0 Å². The van der Waals surface area contributed by atoms with Crippen molar-refractivity contribution in [1.29, 1.82) is 0 Å². The molecule has 0 aliphatic heterocycles. The molecule has 0 atom stereocenters. The Bertz CT molecular complexity index is 517.